The van der Waals surface area contributed by atoms with E-state index in [4.69, 9.17) is 4.74 Å². The van der Waals surface area contributed by atoms with Crippen LogP contribution in [0.2, 0.25) is 0 Å². The van der Waals surface area contributed by atoms with Gasteiger partial charge in [-0.1, -0.05) is 35.5 Å². The second-order valence-electron chi connectivity index (χ2n) is 6.25. The highest BCUT2D eigenvalue weighted by Crippen LogP contribution is 2.16. The fourth-order valence-electron chi connectivity index (χ4n) is 2.88. The summed E-state index contributed by atoms with van der Waals surface area (Å²) >= 11 is 0. The van der Waals surface area contributed by atoms with Crippen molar-refractivity contribution in [3.05, 3.63) is 66.1 Å². The summed E-state index contributed by atoms with van der Waals surface area (Å²) in [6, 6.07) is 13.6. The Hall–Kier alpha value is -3.26. The minimum atomic E-state index is -0.310. The number of hydrogen-bond donors (Lipinski definition) is 1. The highest BCUT2D eigenvalue weighted by molar-refractivity contribution is 6.02. The number of aromatic nitrogens is 4. The third-order valence-electron chi connectivity index (χ3n) is 4.30. The third kappa shape index (κ3) is 4.29. The molecule has 1 aliphatic rings. The number of ether oxygens (including phenoxy) is 1. The molecule has 1 saturated heterocycles. The van der Waals surface area contributed by atoms with Gasteiger partial charge in [-0.05, 0) is 17.7 Å². The fraction of sp³-hybridized carbons (Fsp3) is 0.263. The number of hydrogen-bond acceptors (Lipinski definition) is 6. The minimum Gasteiger partial charge on any atom is -0.378 e. The number of morpholine rings is 1. The first-order chi connectivity index (χ1) is 13.3. The lowest BCUT2D eigenvalue weighted by atomic mass is 10.2. The number of pyridine rings is 1. The summed E-state index contributed by atoms with van der Waals surface area (Å²) in [5.74, 6) is 0.570. The number of anilines is 2. The lowest BCUT2D eigenvalue weighted by Crippen LogP contribution is -2.36. The number of carbonyl (C=O) groups is 1. The molecule has 1 amide bonds. The van der Waals surface area contributed by atoms with Crippen LogP contribution in [0.3, 0.4) is 0 Å². The molecule has 0 atom stereocenters. The van der Waals surface area contributed by atoms with Crippen molar-refractivity contribution >= 4 is 17.4 Å². The largest absolute Gasteiger partial charge is 0.378 e. The van der Waals surface area contributed by atoms with Crippen molar-refractivity contribution in [3.63, 3.8) is 0 Å². The standard InChI is InChI=1S/C19H20N6O2/c26-19(17-14-25(23-22-17)13-15-4-2-1-3-5-15)21-16-6-7-18(20-12-16)24-8-10-27-11-9-24/h1-7,12,14H,8-11,13H2,(H,21,26). The highest BCUT2D eigenvalue weighted by Gasteiger charge is 2.14. The number of carbonyl (C=O) groups excluding carboxylic acids is 1. The van der Waals surface area contributed by atoms with E-state index in [0.717, 1.165) is 24.5 Å². The van der Waals surface area contributed by atoms with E-state index in [1.807, 2.05) is 42.5 Å². The molecule has 3 aromatic rings. The first-order valence-electron chi connectivity index (χ1n) is 8.82. The van der Waals surface area contributed by atoms with Crippen LogP contribution in [0.15, 0.2) is 54.9 Å². The zero-order valence-electron chi connectivity index (χ0n) is 14.8. The summed E-state index contributed by atoms with van der Waals surface area (Å²) in [6.07, 6.45) is 3.29. The summed E-state index contributed by atoms with van der Waals surface area (Å²) in [4.78, 5) is 19.0. The molecule has 1 fully saturated rings. The SMILES string of the molecule is O=C(Nc1ccc(N2CCOCC2)nc1)c1cn(Cc2ccccc2)nn1. The van der Waals surface area contributed by atoms with Crippen molar-refractivity contribution < 1.29 is 9.53 Å². The topological polar surface area (TPSA) is 85.2 Å². The summed E-state index contributed by atoms with van der Waals surface area (Å²) in [6.45, 7) is 3.63. The maximum Gasteiger partial charge on any atom is 0.277 e. The zero-order chi connectivity index (χ0) is 18.5. The molecule has 3 heterocycles. The summed E-state index contributed by atoms with van der Waals surface area (Å²) in [7, 11) is 0. The monoisotopic (exact) mass is 364 g/mol. The molecule has 8 heteroatoms. The van der Waals surface area contributed by atoms with Gasteiger partial charge in [-0.15, -0.1) is 5.10 Å². The van der Waals surface area contributed by atoms with Crippen LogP contribution in [0.4, 0.5) is 11.5 Å². The molecule has 0 aliphatic carbocycles. The van der Waals surface area contributed by atoms with E-state index in [1.165, 1.54) is 0 Å². The van der Waals surface area contributed by atoms with E-state index in [-0.39, 0.29) is 11.6 Å². The van der Waals surface area contributed by atoms with Crippen LogP contribution in [-0.4, -0.2) is 52.2 Å². The highest BCUT2D eigenvalue weighted by atomic mass is 16.5. The minimum absolute atomic E-state index is 0.267. The van der Waals surface area contributed by atoms with Crippen molar-refractivity contribution in [2.45, 2.75) is 6.54 Å². The molecule has 4 rings (SSSR count). The predicted octanol–water partition coefficient (Wildman–Crippen LogP) is 1.81. The van der Waals surface area contributed by atoms with E-state index < -0.39 is 0 Å². The summed E-state index contributed by atoms with van der Waals surface area (Å²) < 4.78 is 6.99. The second kappa shape index (κ2) is 7.96. The van der Waals surface area contributed by atoms with Crippen molar-refractivity contribution in [2.75, 3.05) is 36.5 Å². The number of nitrogens with one attached hydrogen (secondary N) is 1. The van der Waals surface area contributed by atoms with Gasteiger partial charge in [0, 0.05) is 13.1 Å². The van der Waals surface area contributed by atoms with Crippen LogP contribution < -0.4 is 10.2 Å². The molecular weight excluding hydrogens is 344 g/mol. The Morgan fingerprint density at radius 2 is 1.93 bits per heavy atom. The van der Waals surface area contributed by atoms with Crippen LogP contribution >= 0.6 is 0 Å². The number of nitrogens with zero attached hydrogens (tertiary/aromatic N) is 5. The van der Waals surface area contributed by atoms with Gasteiger partial charge in [-0.3, -0.25) is 4.79 Å². The fourth-order valence-corrected chi connectivity index (χ4v) is 2.88. The van der Waals surface area contributed by atoms with Crippen molar-refractivity contribution in [3.8, 4) is 0 Å². The van der Waals surface area contributed by atoms with E-state index >= 15 is 0 Å². The number of benzene rings is 1. The van der Waals surface area contributed by atoms with E-state index in [2.05, 4.69) is 25.5 Å². The number of amides is 1. The molecular formula is C19H20N6O2. The Morgan fingerprint density at radius 1 is 1.11 bits per heavy atom. The zero-order valence-corrected chi connectivity index (χ0v) is 14.8. The van der Waals surface area contributed by atoms with E-state index in [9.17, 15) is 4.79 Å². The van der Waals surface area contributed by atoms with Gasteiger partial charge < -0.3 is 15.0 Å². The molecule has 0 unspecified atom stereocenters. The average molecular weight is 364 g/mol. The van der Waals surface area contributed by atoms with Gasteiger partial charge in [0.25, 0.3) is 5.91 Å². The molecule has 0 radical (unpaired) electrons. The van der Waals surface area contributed by atoms with Crippen LogP contribution in [0.5, 0.6) is 0 Å². The van der Waals surface area contributed by atoms with Gasteiger partial charge in [-0.25, -0.2) is 9.67 Å². The van der Waals surface area contributed by atoms with Crippen LogP contribution in [0.1, 0.15) is 16.1 Å². The third-order valence-corrected chi connectivity index (χ3v) is 4.30. The van der Waals surface area contributed by atoms with E-state index in [1.54, 1.807) is 17.1 Å². The van der Waals surface area contributed by atoms with Gasteiger partial charge in [0.05, 0.1) is 37.8 Å². The molecule has 1 aromatic carbocycles. The Kier molecular flexibility index (Phi) is 5.06. The normalized spacial score (nSPS) is 14.1. The van der Waals surface area contributed by atoms with Gasteiger partial charge >= 0.3 is 0 Å². The maximum atomic E-state index is 12.4. The van der Waals surface area contributed by atoms with Crippen molar-refractivity contribution in [1.29, 1.82) is 0 Å². The molecule has 2 aromatic heterocycles. The van der Waals surface area contributed by atoms with Gasteiger partial charge in [0.1, 0.15) is 5.82 Å². The quantitative estimate of drug-likeness (QED) is 0.743. The van der Waals surface area contributed by atoms with Crippen molar-refractivity contribution in [1.82, 2.24) is 20.0 Å². The van der Waals surface area contributed by atoms with Gasteiger partial charge in [0.2, 0.25) is 0 Å². The molecule has 1 N–H and O–H groups in total. The second-order valence-corrected chi connectivity index (χ2v) is 6.25. The maximum absolute atomic E-state index is 12.4. The van der Waals surface area contributed by atoms with Crippen LogP contribution in [-0.2, 0) is 11.3 Å². The Bertz CT molecular complexity index is 888. The molecule has 1 aliphatic heterocycles. The Labute approximate surface area is 156 Å². The Morgan fingerprint density at radius 3 is 2.67 bits per heavy atom. The Balaban J connectivity index is 1.37. The predicted molar refractivity (Wildman–Crippen MR) is 101 cm³/mol. The van der Waals surface area contributed by atoms with Crippen LogP contribution in [0, 0.1) is 0 Å². The van der Waals surface area contributed by atoms with Crippen LogP contribution in [0.25, 0.3) is 0 Å². The molecule has 8 nitrogen and oxygen atoms in total. The smallest absolute Gasteiger partial charge is 0.277 e. The lowest BCUT2D eigenvalue weighted by molar-refractivity contribution is 0.102. The average Bonchev–Trinajstić information content (AvgIpc) is 3.19. The van der Waals surface area contributed by atoms with Crippen molar-refractivity contribution in [2.24, 2.45) is 0 Å². The first-order valence-corrected chi connectivity index (χ1v) is 8.82. The lowest BCUT2D eigenvalue weighted by Gasteiger charge is -2.27. The molecule has 138 valence electrons. The molecule has 0 bridgehead atoms. The first kappa shape index (κ1) is 17.2. The van der Waals surface area contributed by atoms with E-state index in [0.29, 0.717) is 25.4 Å². The summed E-state index contributed by atoms with van der Waals surface area (Å²) in [5.41, 5.74) is 1.98. The number of rotatable bonds is 5. The molecule has 0 spiro atoms. The van der Waals surface area contributed by atoms with Gasteiger partial charge in [0.15, 0.2) is 5.69 Å². The summed E-state index contributed by atoms with van der Waals surface area (Å²) in [5, 5.41) is 10.8. The van der Waals surface area contributed by atoms with Gasteiger partial charge in [-0.2, -0.15) is 0 Å². The molecule has 27 heavy (non-hydrogen) atoms. The molecule has 0 saturated carbocycles.